The summed E-state index contributed by atoms with van der Waals surface area (Å²) in [6.07, 6.45) is 2.94. The minimum atomic E-state index is -3.58. The van der Waals surface area contributed by atoms with Gasteiger partial charge in [-0.2, -0.15) is 0 Å². The molecule has 0 radical (unpaired) electrons. The van der Waals surface area contributed by atoms with E-state index in [4.69, 9.17) is 11.6 Å². The molecule has 2 heterocycles. The van der Waals surface area contributed by atoms with Gasteiger partial charge in [0, 0.05) is 24.6 Å². The number of hydrogen-bond acceptors (Lipinski definition) is 5. The van der Waals surface area contributed by atoms with Crippen LogP contribution < -0.4 is 4.90 Å². The lowest BCUT2D eigenvalue weighted by molar-refractivity contribution is 0.570. The average Bonchev–Trinajstić information content (AvgIpc) is 2.79. The van der Waals surface area contributed by atoms with E-state index in [1.165, 1.54) is 18.5 Å². The van der Waals surface area contributed by atoms with E-state index in [1.54, 1.807) is 11.0 Å². The van der Waals surface area contributed by atoms with Crippen molar-refractivity contribution in [3.63, 3.8) is 0 Å². The summed E-state index contributed by atoms with van der Waals surface area (Å²) < 4.78 is 37.2. The number of rotatable bonds is 2. The standard InChI is InChI=1S/C13H11ClFN3O2S/c1-21(19,20)11-4-8-2-3-18(10(8)5-9(11)15)13-6-12(14)16-7-17-13/h4-7H,2-3H2,1H3. The minimum absolute atomic E-state index is 0.274. The summed E-state index contributed by atoms with van der Waals surface area (Å²) in [5, 5.41) is 0.293. The Labute approximate surface area is 126 Å². The molecule has 1 aromatic carbocycles. The Hall–Kier alpha value is -1.73. The second-order valence-electron chi connectivity index (χ2n) is 4.78. The molecular formula is C13H11ClFN3O2S. The van der Waals surface area contributed by atoms with Crippen LogP contribution in [0.25, 0.3) is 0 Å². The number of nitrogens with zero attached hydrogens (tertiary/aromatic N) is 3. The van der Waals surface area contributed by atoms with Crippen molar-refractivity contribution in [3.05, 3.63) is 41.1 Å². The van der Waals surface area contributed by atoms with Crippen LogP contribution in [0.5, 0.6) is 0 Å². The van der Waals surface area contributed by atoms with Crippen LogP contribution in [0, 0.1) is 5.82 Å². The molecule has 0 saturated heterocycles. The molecule has 2 aromatic rings. The molecule has 0 amide bonds. The van der Waals surface area contributed by atoms with Gasteiger partial charge in [0.05, 0.1) is 0 Å². The highest BCUT2D eigenvalue weighted by atomic mass is 35.5. The lowest BCUT2D eigenvalue weighted by Crippen LogP contribution is -2.15. The minimum Gasteiger partial charge on any atom is -0.326 e. The Balaban J connectivity index is 2.10. The summed E-state index contributed by atoms with van der Waals surface area (Å²) in [5.41, 5.74) is 1.38. The van der Waals surface area contributed by atoms with E-state index < -0.39 is 15.7 Å². The maximum Gasteiger partial charge on any atom is 0.178 e. The fourth-order valence-corrected chi connectivity index (χ4v) is 3.29. The quantitative estimate of drug-likeness (QED) is 0.792. The lowest BCUT2D eigenvalue weighted by atomic mass is 10.1. The van der Waals surface area contributed by atoms with E-state index in [0.717, 1.165) is 11.8 Å². The molecule has 21 heavy (non-hydrogen) atoms. The first kappa shape index (κ1) is 14.2. The molecule has 1 aliphatic rings. The van der Waals surface area contributed by atoms with Crippen LogP contribution >= 0.6 is 11.6 Å². The van der Waals surface area contributed by atoms with Crippen molar-refractivity contribution in [3.8, 4) is 0 Å². The summed E-state index contributed by atoms with van der Waals surface area (Å²) in [5.74, 6) is -0.205. The summed E-state index contributed by atoms with van der Waals surface area (Å²) in [6.45, 7) is 0.579. The van der Waals surface area contributed by atoms with Gasteiger partial charge in [0.2, 0.25) is 0 Å². The molecule has 0 aliphatic carbocycles. The lowest BCUT2D eigenvalue weighted by Gasteiger charge is -2.18. The number of fused-ring (bicyclic) bond motifs is 1. The smallest absolute Gasteiger partial charge is 0.178 e. The molecule has 0 spiro atoms. The Kier molecular flexibility index (Phi) is 3.33. The Morgan fingerprint density at radius 1 is 1.29 bits per heavy atom. The van der Waals surface area contributed by atoms with Crippen LogP contribution in [0.1, 0.15) is 5.56 Å². The van der Waals surface area contributed by atoms with Crippen molar-refractivity contribution in [2.24, 2.45) is 0 Å². The number of aromatic nitrogens is 2. The predicted molar refractivity (Wildman–Crippen MR) is 77.3 cm³/mol. The number of hydrogen-bond donors (Lipinski definition) is 0. The van der Waals surface area contributed by atoms with Crippen LogP contribution in [0.4, 0.5) is 15.9 Å². The topological polar surface area (TPSA) is 63.2 Å². The van der Waals surface area contributed by atoms with E-state index in [9.17, 15) is 12.8 Å². The average molecular weight is 328 g/mol. The molecule has 1 aromatic heterocycles. The zero-order valence-corrected chi connectivity index (χ0v) is 12.6. The Morgan fingerprint density at radius 3 is 2.71 bits per heavy atom. The monoisotopic (exact) mass is 327 g/mol. The molecule has 0 N–H and O–H groups in total. The number of benzene rings is 1. The predicted octanol–water partition coefficient (Wildman–Crippen LogP) is 2.37. The van der Waals surface area contributed by atoms with E-state index in [1.807, 2.05) is 0 Å². The van der Waals surface area contributed by atoms with Crippen LogP contribution in [-0.2, 0) is 16.3 Å². The van der Waals surface area contributed by atoms with Gasteiger partial charge >= 0.3 is 0 Å². The van der Waals surface area contributed by atoms with Crippen LogP contribution in [0.3, 0.4) is 0 Å². The van der Waals surface area contributed by atoms with Gasteiger partial charge in [0.1, 0.15) is 28.0 Å². The van der Waals surface area contributed by atoms with Crippen LogP contribution in [0.2, 0.25) is 5.15 Å². The molecular weight excluding hydrogens is 317 g/mol. The molecule has 110 valence electrons. The number of sulfone groups is 1. The zero-order valence-electron chi connectivity index (χ0n) is 11.0. The van der Waals surface area contributed by atoms with Gasteiger partial charge in [-0.25, -0.2) is 22.8 Å². The molecule has 0 unspecified atom stereocenters. The first-order valence-electron chi connectivity index (χ1n) is 6.14. The van der Waals surface area contributed by atoms with E-state index in [2.05, 4.69) is 9.97 Å². The van der Waals surface area contributed by atoms with Gasteiger partial charge < -0.3 is 4.90 Å². The molecule has 0 atom stereocenters. The Bertz CT molecular complexity index is 826. The third-order valence-electron chi connectivity index (χ3n) is 3.32. The van der Waals surface area contributed by atoms with Gasteiger partial charge in [-0.05, 0) is 24.1 Å². The summed E-state index contributed by atoms with van der Waals surface area (Å²) >= 11 is 5.84. The summed E-state index contributed by atoms with van der Waals surface area (Å²) in [7, 11) is -3.58. The van der Waals surface area contributed by atoms with E-state index in [-0.39, 0.29) is 4.90 Å². The normalized spacial score (nSPS) is 14.3. The van der Waals surface area contributed by atoms with Gasteiger partial charge in [-0.3, -0.25) is 0 Å². The SMILES string of the molecule is CS(=O)(=O)c1cc2c(cc1F)N(c1cc(Cl)ncn1)CC2. The maximum atomic E-state index is 14.0. The Morgan fingerprint density at radius 2 is 2.05 bits per heavy atom. The first-order chi connectivity index (χ1) is 9.86. The fraction of sp³-hybridized carbons (Fsp3) is 0.231. The van der Waals surface area contributed by atoms with Gasteiger partial charge in [-0.15, -0.1) is 0 Å². The summed E-state index contributed by atoms with van der Waals surface area (Å²) in [6, 6.07) is 4.20. The molecule has 3 rings (SSSR count). The maximum absolute atomic E-state index is 14.0. The number of halogens is 2. The van der Waals surface area contributed by atoms with Gasteiger partial charge in [0.25, 0.3) is 0 Å². The third kappa shape index (κ3) is 2.58. The highest BCUT2D eigenvalue weighted by Crippen LogP contribution is 2.36. The zero-order chi connectivity index (χ0) is 15.2. The van der Waals surface area contributed by atoms with E-state index in [0.29, 0.717) is 29.6 Å². The number of anilines is 2. The largest absolute Gasteiger partial charge is 0.326 e. The molecule has 1 aliphatic heterocycles. The van der Waals surface area contributed by atoms with Crippen molar-refractivity contribution in [2.45, 2.75) is 11.3 Å². The van der Waals surface area contributed by atoms with Gasteiger partial charge in [0.15, 0.2) is 9.84 Å². The first-order valence-corrected chi connectivity index (χ1v) is 8.41. The van der Waals surface area contributed by atoms with Crippen molar-refractivity contribution in [1.29, 1.82) is 0 Å². The molecule has 0 fully saturated rings. The highest BCUT2D eigenvalue weighted by Gasteiger charge is 2.26. The highest BCUT2D eigenvalue weighted by molar-refractivity contribution is 7.90. The van der Waals surface area contributed by atoms with Crippen molar-refractivity contribution in [1.82, 2.24) is 9.97 Å². The van der Waals surface area contributed by atoms with Crippen LogP contribution in [0.15, 0.2) is 29.4 Å². The van der Waals surface area contributed by atoms with Gasteiger partial charge in [-0.1, -0.05) is 11.6 Å². The molecule has 5 nitrogen and oxygen atoms in total. The molecule has 0 bridgehead atoms. The molecule has 0 saturated carbocycles. The third-order valence-corrected chi connectivity index (χ3v) is 4.64. The second-order valence-corrected chi connectivity index (χ2v) is 7.16. The van der Waals surface area contributed by atoms with Crippen molar-refractivity contribution in [2.75, 3.05) is 17.7 Å². The summed E-state index contributed by atoms with van der Waals surface area (Å²) in [4.78, 5) is 9.43. The fourth-order valence-electron chi connectivity index (χ4n) is 2.38. The molecule has 8 heteroatoms. The van der Waals surface area contributed by atoms with Crippen molar-refractivity contribution >= 4 is 32.9 Å². The van der Waals surface area contributed by atoms with Crippen LogP contribution in [-0.4, -0.2) is 31.2 Å². The van der Waals surface area contributed by atoms with E-state index >= 15 is 0 Å². The second kappa shape index (κ2) is 4.92. The van der Waals surface area contributed by atoms with Crippen molar-refractivity contribution < 1.29 is 12.8 Å².